The van der Waals surface area contributed by atoms with Crippen molar-refractivity contribution in [1.29, 1.82) is 0 Å². The fourth-order valence-corrected chi connectivity index (χ4v) is 3.52. The predicted molar refractivity (Wildman–Crippen MR) is 92.9 cm³/mol. The Morgan fingerprint density at radius 2 is 2.07 bits per heavy atom. The summed E-state index contributed by atoms with van der Waals surface area (Å²) in [5.74, 6) is 0. The smallest absolute Gasteiger partial charge is 0.300 e. The molecule has 0 saturated heterocycles. The molecule has 1 aliphatic rings. The number of hydrogen-bond donors (Lipinski definition) is 0. The summed E-state index contributed by atoms with van der Waals surface area (Å²) < 4.78 is 54.0. The van der Waals surface area contributed by atoms with Crippen molar-refractivity contribution in [2.75, 3.05) is 19.9 Å². The highest BCUT2D eigenvalue weighted by Gasteiger charge is 2.28. The molecule has 0 saturated carbocycles. The average molecular weight is 398 g/mol. The zero-order valence-corrected chi connectivity index (χ0v) is 15.4. The van der Waals surface area contributed by atoms with Crippen molar-refractivity contribution >= 4 is 10.1 Å². The minimum absolute atomic E-state index is 0.0211. The van der Waals surface area contributed by atoms with Gasteiger partial charge in [-0.15, -0.1) is 0 Å². The van der Waals surface area contributed by atoms with Crippen LogP contribution in [0.5, 0.6) is 6.01 Å². The summed E-state index contributed by atoms with van der Waals surface area (Å²) >= 11 is 0. The molecule has 1 atom stereocenters. The van der Waals surface area contributed by atoms with E-state index in [-0.39, 0.29) is 37.3 Å². The number of benzene rings is 1. The van der Waals surface area contributed by atoms with Crippen molar-refractivity contribution < 1.29 is 26.5 Å². The van der Waals surface area contributed by atoms with E-state index in [0.29, 0.717) is 5.69 Å². The summed E-state index contributed by atoms with van der Waals surface area (Å²) in [6, 6.07) is 7.62. The van der Waals surface area contributed by atoms with Crippen molar-refractivity contribution in [3.8, 4) is 6.01 Å². The lowest BCUT2D eigenvalue weighted by molar-refractivity contribution is 0.101. The molecule has 2 heterocycles. The highest BCUT2D eigenvalue weighted by molar-refractivity contribution is 7.86. The molecule has 0 aliphatic carbocycles. The largest absolute Gasteiger partial charge is 0.457 e. The molecule has 0 fully saturated rings. The molecule has 1 aromatic heterocycles. The topological polar surface area (TPSA) is 96.7 Å². The number of ether oxygens (including phenoxy) is 2. The molecule has 27 heavy (non-hydrogen) atoms. The van der Waals surface area contributed by atoms with Crippen molar-refractivity contribution in [3.63, 3.8) is 0 Å². The molecule has 10 heteroatoms. The Balaban J connectivity index is 1.67. The molecule has 1 aromatic carbocycles. The van der Waals surface area contributed by atoms with E-state index < -0.39 is 28.5 Å². The Labute approximate surface area is 155 Å². The van der Waals surface area contributed by atoms with Crippen LogP contribution < -0.4 is 10.3 Å². The Morgan fingerprint density at radius 1 is 1.33 bits per heavy atom. The quantitative estimate of drug-likeness (QED) is 0.487. The second kappa shape index (κ2) is 8.15. The summed E-state index contributed by atoms with van der Waals surface area (Å²) in [5.41, 5.74) is 0.887. The minimum Gasteiger partial charge on any atom is -0.457 e. The summed E-state index contributed by atoms with van der Waals surface area (Å²) in [4.78, 5) is 15.5. The van der Waals surface area contributed by atoms with Gasteiger partial charge in [-0.3, -0.25) is 13.5 Å². The second-order valence-electron chi connectivity index (χ2n) is 6.01. The van der Waals surface area contributed by atoms with Gasteiger partial charge in [0.15, 0.2) is 0 Å². The molecular formula is C17H19FN2O6S. The normalized spacial score (nSPS) is 16.1. The van der Waals surface area contributed by atoms with Gasteiger partial charge < -0.3 is 9.47 Å². The molecule has 1 unspecified atom stereocenters. The van der Waals surface area contributed by atoms with E-state index >= 15 is 0 Å². The number of aryl methyl sites for hydroxylation is 1. The highest BCUT2D eigenvalue weighted by atomic mass is 32.2. The molecule has 0 N–H and O–H groups in total. The van der Waals surface area contributed by atoms with E-state index in [1.807, 2.05) is 6.92 Å². The van der Waals surface area contributed by atoms with Gasteiger partial charge in [-0.25, -0.2) is 4.39 Å². The monoisotopic (exact) mass is 398 g/mol. The summed E-state index contributed by atoms with van der Waals surface area (Å²) in [7, 11) is -3.93. The van der Waals surface area contributed by atoms with Crippen LogP contribution in [0.2, 0.25) is 0 Å². The lowest BCUT2D eigenvalue weighted by Gasteiger charge is -2.10. The van der Waals surface area contributed by atoms with Crippen molar-refractivity contribution in [2.45, 2.75) is 31.1 Å². The van der Waals surface area contributed by atoms with E-state index in [1.165, 1.54) is 18.2 Å². The van der Waals surface area contributed by atoms with Gasteiger partial charge in [0.05, 0.1) is 30.3 Å². The molecular weight excluding hydrogens is 379 g/mol. The van der Waals surface area contributed by atoms with Gasteiger partial charge in [-0.05, 0) is 19.1 Å². The number of nitrogens with zero attached hydrogens (tertiary/aromatic N) is 2. The van der Waals surface area contributed by atoms with Gasteiger partial charge in [0, 0.05) is 6.07 Å². The maximum atomic E-state index is 12.3. The fraction of sp³-hybridized carbons (Fsp3) is 0.412. The first kappa shape index (κ1) is 19.5. The SMILES string of the molecule is Cc1ccc(S(=O)(=O)OCC2Cn3c(COCCF)cc(=O)nc3O2)cc1. The number of fused-ring (bicyclic) bond motifs is 1. The first-order chi connectivity index (χ1) is 12.9. The van der Waals surface area contributed by atoms with Crippen LogP contribution >= 0.6 is 0 Å². The Morgan fingerprint density at radius 3 is 2.78 bits per heavy atom. The van der Waals surface area contributed by atoms with E-state index in [2.05, 4.69) is 4.98 Å². The van der Waals surface area contributed by atoms with Gasteiger partial charge in [0.2, 0.25) is 0 Å². The highest BCUT2D eigenvalue weighted by Crippen LogP contribution is 2.22. The zero-order chi connectivity index (χ0) is 19.4. The number of alkyl halides is 1. The number of hydrogen-bond acceptors (Lipinski definition) is 7. The van der Waals surface area contributed by atoms with Crippen LogP contribution in [0.3, 0.4) is 0 Å². The lowest BCUT2D eigenvalue weighted by Crippen LogP contribution is -2.24. The molecule has 1 aliphatic heterocycles. The Hall–Kier alpha value is -2.30. The zero-order valence-electron chi connectivity index (χ0n) is 14.6. The third kappa shape index (κ3) is 4.71. The van der Waals surface area contributed by atoms with Gasteiger partial charge in [-0.2, -0.15) is 13.4 Å². The lowest BCUT2D eigenvalue weighted by atomic mass is 10.2. The summed E-state index contributed by atoms with van der Waals surface area (Å²) in [5, 5.41) is 0. The number of aromatic nitrogens is 2. The molecule has 0 bridgehead atoms. The van der Waals surface area contributed by atoms with Crippen LogP contribution in [-0.4, -0.2) is 44.0 Å². The fourth-order valence-electron chi connectivity index (χ4n) is 2.58. The second-order valence-corrected chi connectivity index (χ2v) is 7.63. The van der Waals surface area contributed by atoms with E-state index in [1.54, 1.807) is 16.7 Å². The average Bonchev–Trinajstić information content (AvgIpc) is 3.03. The number of rotatable bonds is 8. The molecule has 0 spiro atoms. The third-order valence-electron chi connectivity index (χ3n) is 3.92. The molecule has 2 aromatic rings. The van der Waals surface area contributed by atoms with Gasteiger partial charge in [-0.1, -0.05) is 17.7 Å². The van der Waals surface area contributed by atoms with Crippen molar-refractivity contribution in [1.82, 2.24) is 9.55 Å². The van der Waals surface area contributed by atoms with Crippen LogP contribution in [0.4, 0.5) is 4.39 Å². The van der Waals surface area contributed by atoms with Crippen molar-refractivity contribution in [2.24, 2.45) is 0 Å². The van der Waals surface area contributed by atoms with E-state index in [4.69, 9.17) is 13.7 Å². The van der Waals surface area contributed by atoms with Crippen molar-refractivity contribution in [3.05, 3.63) is 51.9 Å². The van der Waals surface area contributed by atoms with Gasteiger partial charge >= 0.3 is 6.01 Å². The molecule has 8 nitrogen and oxygen atoms in total. The summed E-state index contributed by atoms with van der Waals surface area (Å²) in [6.45, 7) is 1.15. The number of halogens is 1. The van der Waals surface area contributed by atoms with Crippen LogP contribution in [-0.2, 0) is 32.2 Å². The standard InChI is InChI=1S/C17H19FN2O6S/c1-12-2-4-15(5-3-12)27(22,23)25-11-14-9-20-13(10-24-7-6-18)8-16(21)19-17(20)26-14/h2-5,8,14H,6-7,9-11H2,1H3. The molecule has 146 valence electrons. The van der Waals surface area contributed by atoms with E-state index in [0.717, 1.165) is 5.56 Å². The predicted octanol–water partition coefficient (Wildman–Crippen LogP) is 1.20. The first-order valence-corrected chi connectivity index (χ1v) is 9.67. The van der Waals surface area contributed by atoms with E-state index in [9.17, 15) is 17.6 Å². The Bertz CT molecular complexity index is 958. The first-order valence-electron chi connectivity index (χ1n) is 8.26. The third-order valence-corrected chi connectivity index (χ3v) is 5.22. The van der Waals surface area contributed by atoms with Gasteiger partial charge in [0.1, 0.15) is 19.4 Å². The molecule has 0 amide bonds. The minimum atomic E-state index is -3.93. The van der Waals surface area contributed by atoms with Crippen LogP contribution in [0.1, 0.15) is 11.3 Å². The van der Waals surface area contributed by atoms with Gasteiger partial charge in [0.25, 0.3) is 15.7 Å². The molecule has 0 radical (unpaired) electrons. The summed E-state index contributed by atoms with van der Waals surface area (Å²) in [6.07, 6.45) is -0.639. The maximum absolute atomic E-state index is 12.3. The van der Waals surface area contributed by atoms with Crippen LogP contribution in [0, 0.1) is 6.92 Å². The molecule has 3 rings (SSSR count). The maximum Gasteiger partial charge on any atom is 0.300 e. The van der Waals surface area contributed by atoms with Crippen LogP contribution in [0.15, 0.2) is 40.0 Å². The van der Waals surface area contributed by atoms with Crippen LogP contribution in [0.25, 0.3) is 0 Å². The Kier molecular flexibility index (Phi) is 5.88.